The third kappa shape index (κ3) is 3.72. The van der Waals surface area contributed by atoms with Gasteiger partial charge < -0.3 is 10.4 Å². The van der Waals surface area contributed by atoms with Crippen LogP contribution in [-0.4, -0.2) is 11.0 Å². The van der Waals surface area contributed by atoms with Gasteiger partial charge in [0.2, 0.25) is 0 Å². The lowest BCUT2D eigenvalue weighted by atomic mass is 9.87. The summed E-state index contributed by atoms with van der Waals surface area (Å²) in [5.41, 5.74) is 1.45. The summed E-state index contributed by atoms with van der Waals surface area (Å²) >= 11 is 0. The van der Waals surface area contributed by atoms with Gasteiger partial charge in [-0.1, -0.05) is 55.3 Å². The molecule has 2 aromatic rings. The molecule has 1 saturated carbocycles. The van der Waals surface area contributed by atoms with E-state index in [1.165, 1.54) is 12.1 Å². The Labute approximate surface area is 147 Å². The predicted molar refractivity (Wildman–Crippen MR) is 96.4 cm³/mol. The lowest BCUT2D eigenvalue weighted by Gasteiger charge is -2.31. The molecule has 0 saturated heterocycles. The van der Waals surface area contributed by atoms with Crippen molar-refractivity contribution in [3.8, 4) is 11.8 Å². The summed E-state index contributed by atoms with van der Waals surface area (Å²) in [4.78, 5) is 12.7. The van der Waals surface area contributed by atoms with Crippen LogP contribution in [0.4, 0.5) is 0 Å². The van der Waals surface area contributed by atoms with Crippen LogP contribution in [0.3, 0.4) is 0 Å². The highest BCUT2D eigenvalue weighted by atomic mass is 16.3. The number of rotatable bonds is 4. The molecular weight excluding hydrogens is 312 g/mol. The molecule has 3 rings (SSSR count). The molecular formula is C21H20N2O2. The first kappa shape index (κ1) is 16.8. The summed E-state index contributed by atoms with van der Waals surface area (Å²) in [6.45, 7) is 0. The number of nitrogens with zero attached hydrogens (tertiary/aromatic N) is 1. The van der Waals surface area contributed by atoms with E-state index in [4.69, 9.17) is 0 Å². The maximum absolute atomic E-state index is 12.7. The van der Waals surface area contributed by atoms with Gasteiger partial charge in [0, 0.05) is 0 Å². The Hall–Kier alpha value is -3.06. The highest BCUT2D eigenvalue weighted by molar-refractivity contribution is 6.02. The van der Waals surface area contributed by atoms with Gasteiger partial charge in [0.25, 0.3) is 5.91 Å². The molecule has 25 heavy (non-hydrogen) atoms. The average Bonchev–Trinajstić information content (AvgIpc) is 3.11. The molecule has 0 spiro atoms. The fourth-order valence-electron chi connectivity index (χ4n) is 3.39. The predicted octanol–water partition coefficient (Wildman–Crippen LogP) is 3.88. The van der Waals surface area contributed by atoms with E-state index in [-0.39, 0.29) is 17.2 Å². The SMILES string of the molecule is N#C/C(=C\c1ccc(O)cc1)C(=O)NC1(c2ccccc2)CCCC1. The van der Waals surface area contributed by atoms with Gasteiger partial charge in [0.1, 0.15) is 17.4 Å². The van der Waals surface area contributed by atoms with Crippen LogP contribution in [0, 0.1) is 11.3 Å². The minimum Gasteiger partial charge on any atom is -0.508 e. The zero-order chi connectivity index (χ0) is 17.7. The van der Waals surface area contributed by atoms with E-state index in [0.29, 0.717) is 5.56 Å². The topological polar surface area (TPSA) is 73.1 Å². The van der Waals surface area contributed by atoms with Gasteiger partial charge in [-0.3, -0.25) is 4.79 Å². The van der Waals surface area contributed by atoms with Crippen molar-refractivity contribution in [3.05, 3.63) is 71.3 Å². The molecule has 2 aromatic carbocycles. The number of aromatic hydroxyl groups is 1. The highest BCUT2D eigenvalue weighted by Gasteiger charge is 2.37. The molecule has 0 bridgehead atoms. The van der Waals surface area contributed by atoms with Crippen molar-refractivity contribution in [1.82, 2.24) is 5.32 Å². The van der Waals surface area contributed by atoms with Gasteiger partial charge in [0.05, 0.1) is 5.54 Å². The Bertz CT molecular complexity index is 811. The van der Waals surface area contributed by atoms with Crippen LogP contribution in [0.15, 0.2) is 60.2 Å². The first-order chi connectivity index (χ1) is 12.1. The zero-order valence-corrected chi connectivity index (χ0v) is 13.9. The van der Waals surface area contributed by atoms with Gasteiger partial charge in [0.15, 0.2) is 0 Å². The molecule has 0 heterocycles. The molecule has 1 aliphatic rings. The van der Waals surface area contributed by atoms with E-state index in [1.807, 2.05) is 36.4 Å². The van der Waals surface area contributed by atoms with Crippen molar-refractivity contribution >= 4 is 12.0 Å². The summed E-state index contributed by atoms with van der Waals surface area (Å²) in [7, 11) is 0. The van der Waals surface area contributed by atoms with Crippen molar-refractivity contribution in [2.45, 2.75) is 31.2 Å². The third-order valence-corrected chi connectivity index (χ3v) is 4.71. The maximum atomic E-state index is 12.7. The summed E-state index contributed by atoms with van der Waals surface area (Å²) in [6, 6.07) is 18.3. The lowest BCUT2D eigenvalue weighted by molar-refractivity contribution is -0.119. The van der Waals surface area contributed by atoms with Crippen LogP contribution in [0.25, 0.3) is 6.08 Å². The summed E-state index contributed by atoms with van der Waals surface area (Å²) in [6.07, 6.45) is 5.40. The van der Waals surface area contributed by atoms with E-state index in [0.717, 1.165) is 31.2 Å². The number of hydrogen-bond acceptors (Lipinski definition) is 3. The minimum absolute atomic E-state index is 0.0629. The molecule has 1 aliphatic carbocycles. The van der Waals surface area contributed by atoms with E-state index in [9.17, 15) is 15.2 Å². The zero-order valence-electron chi connectivity index (χ0n) is 13.9. The fraction of sp³-hybridized carbons (Fsp3) is 0.238. The van der Waals surface area contributed by atoms with Crippen molar-refractivity contribution < 1.29 is 9.90 Å². The van der Waals surface area contributed by atoms with E-state index in [1.54, 1.807) is 18.2 Å². The molecule has 126 valence electrons. The number of carbonyl (C=O) groups is 1. The van der Waals surface area contributed by atoms with Crippen LogP contribution in [0.2, 0.25) is 0 Å². The molecule has 1 fully saturated rings. The van der Waals surface area contributed by atoms with Gasteiger partial charge in [-0.05, 0) is 42.2 Å². The third-order valence-electron chi connectivity index (χ3n) is 4.71. The second kappa shape index (κ2) is 7.23. The van der Waals surface area contributed by atoms with Gasteiger partial charge in [-0.15, -0.1) is 0 Å². The van der Waals surface area contributed by atoms with Gasteiger partial charge in [-0.2, -0.15) is 5.26 Å². The number of carbonyl (C=O) groups excluding carboxylic acids is 1. The number of phenols is 1. The highest BCUT2D eigenvalue weighted by Crippen LogP contribution is 2.38. The molecule has 4 heteroatoms. The Kier molecular flexibility index (Phi) is 4.85. The van der Waals surface area contributed by atoms with Crippen LogP contribution in [-0.2, 0) is 10.3 Å². The van der Waals surface area contributed by atoms with Crippen LogP contribution in [0.1, 0.15) is 36.8 Å². The molecule has 0 radical (unpaired) electrons. The first-order valence-corrected chi connectivity index (χ1v) is 8.42. The molecule has 1 amide bonds. The van der Waals surface area contributed by atoms with Crippen molar-refractivity contribution in [3.63, 3.8) is 0 Å². The standard InChI is InChI=1S/C21H20N2O2/c22-15-17(14-16-8-10-19(24)11-9-16)20(25)23-21(12-4-5-13-21)18-6-2-1-3-7-18/h1-3,6-11,14,24H,4-5,12-13H2,(H,23,25)/b17-14+. The summed E-state index contributed by atoms with van der Waals surface area (Å²) in [5.74, 6) is -0.213. The lowest BCUT2D eigenvalue weighted by Crippen LogP contribution is -2.44. The molecule has 0 unspecified atom stereocenters. The number of nitriles is 1. The second-order valence-corrected chi connectivity index (χ2v) is 6.37. The summed E-state index contributed by atoms with van der Waals surface area (Å²) < 4.78 is 0. The largest absolute Gasteiger partial charge is 0.508 e. The minimum atomic E-state index is -0.400. The molecule has 0 atom stereocenters. The van der Waals surface area contributed by atoms with E-state index >= 15 is 0 Å². The van der Waals surface area contributed by atoms with Crippen molar-refractivity contribution in [2.24, 2.45) is 0 Å². The molecule has 2 N–H and O–H groups in total. The first-order valence-electron chi connectivity index (χ1n) is 8.42. The molecule has 4 nitrogen and oxygen atoms in total. The van der Waals surface area contributed by atoms with Crippen LogP contribution >= 0.6 is 0 Å². The van der Waals surface area contributed by atoms with Crippen LogP contribution < -0.4 is 5.32 Å². The second-order valence-electron chi connectivity index (χ2n) is 6.37. The Balaban J connectivity index is 1.86. The Morgan fingerprint density at radius 3 is 2.32 bits per heavy atom. The van der Waals surface area contributed by atoms with E-state index in [2.05, 4.69) is 5.32 Å². The number of phenolic OH excluding ortho intramolecular Hbond substituents is 1. The van der Waals surface area contributed by atoms with E-state index < -0.39 is 5.54 Å². The molecule has 0 aliphatic heterocycles. The van der Waals surface area contributed by atoms with Gasteiger partial charge >= 0.3 is 0 Å². The smallest absolute Gasteiger partial charge is 0.262 e. The Morgan fingerprint density at radius 2 is 1.72 bits per heavy atom. The maximum Gasteiger partial charge on any atom is 0.262 e. The van der Waals surface area contributed by atoms with Gasteiger partial charge in [-0.25, -0.2) is 0 Å². The fourth-order valence-corrected chi connectivity index (χ4v) is 3.39. The summed E-state index contributed by atoms with van der Waals surface area (Å²) in [5, 5.41) is 21.9. The Morgan fingerprint density at radius 1 is 1.08 bits per heavy atom. The van der Waals surface area contributed by atoms with Crippen molar-refractivity contribution in [1.29, 1.82) is 5.26 Å². The molecule has 0 aromatic heterocycles. The quantitative estimate of drug-likeness (QED) is 0.659. The number of amides is 1. The number of nitrogens with one attached hydrogen (secondary N) is 1. The number of hydrogen-bond donors (Lipinski definition) is 2. The van der Waals surface area contributed by atoms with Crippen molar-refractivity contribution in [2.75, 3.05) is 0 Å². The van der Waals surface area contributed by atoms with Crippen LogP contribution in [0.5, 0.6) is 5.75 Å². The monoisotopic (exact) mass is 332 g/mol. The average molecular weight is 332 g/mol. The number of benzene rings is 2. The normalized spacial score (nSPS) is 16.2.